The lowest BCUT2D eigenvalue weighted by molar-refractivity contribution is 0.0501. The van der Waals surface area contributed by atoms with Crippen molar-refractivity contribution in [2.45, 2.75) is 31.2 Å². The first-order chi connectivity index (χ1) is 4.91. The van der Waals surface area contributed by atoms with Crippen molar-refractivity contribution in [3.05, 3.63) is 0 Å². The monoisotopic (exact) mass is 141 g/mol. The SMILES string of the molecule is C1CCC2(CCN2)COC1. The molecule has 2 heteroatoms. The second-order valence-corrected chi connectivity index (χ2v) is 3.47. The van der Waals surface area contributed by atoms with Crippen molar-refractivity contribution < 1.29 is 4.74 Å². The zero-order chi connectivity index (χ0) is 6.86. The third-order valence-electron chi connectivity index (χ3n) is 2.68. The van der Waals surface area contributed by atoms with Crippen molar-refractivity contribution in [3.8, 4) is 0 Å². The third kappa shape index (κ3) is 1.06. The van der Waals surface area contributed by atoms with E-state index in [4.69, 9.17) is 4.74 Å². The van der Waals surface area contributed by atoms with Crippen LogP contribution in [0, 0.1) is 0 Å². The minimum Gasteiger partial charge on any atom is -0.380 e. The van der Waals surface area contributed by atoms with Gasteiger partial charge in [0.15, 0.2) is 0 Å². The molecule has 0 saturated carbocycles. The highest BCUT2D eigenvalue weighted by atomic mass is 16.5. The first kappa shape index (κ1) is 6.62. The van der Waals surface area contributed by atoms with Crippen molar-refractivity contribution in [1.29, 1.82) is 0 Å². The minimum atomic E-state index is 0.413. The number of rotatable bonds is 0. The van der Waals surface area contributed by atoms with Crippen LogP contribution >= 0.6 is 0 Å². The lowest BCUT2D eigenvalue weighted by atomic mass is 9.84. The van der Waals surface area contributed by atoms with E-state index < -0.39 is 0 Å². The molecule has 0 bridgehead atoms. The Kier molecular flexibility index (Phi) is 1.66. The third-order valence-corrected chi connectivity index (χ3v) is 2.68. The quantitative estimate of drug-likeness (QED) is 0.541. The van der Waals surface area contributed by atoms with Crippen LogP contribution in [-0.2, 0) is 4.74 Å². The molecule has 0 amide bonds. The Morgan fingerprint density at radius 2 is 2.10 bits per heavy atom. The maximum Gasteiger partial charge on any atom is 0.0648 e. The molecule has 2 aliphatic heterocycles. The zero-order valence-corrected chi connectivity index (χ0v) is 6.36. The maximum atomic E-state index is 5.49. The van der Waals surface area contributed by atoms with E-state index in [1.54, 1.807) is 0 Å². The van der Waals surface area contributed by atoms with Crippen molar-refractivity contribution in [2.24, 2.45) is 0 Å². The molecular weight excluding hydrogens is 126 g/mol. The van der Waals surface area contributed by atoms with Crippen molar-refractivity contribution in [3.63, 3.8) is 0 Å². The fourth-order valence-electron chi connectivity index (χ4n) is 1.82. The Labute approximate surface area is 61.9 Å². The molecule has 58 valence electrons. The molecular formula is C8H15NO. The maximum absolute atomic E-state index is 5.49. The lowest BCUT2D eigenvalue weighted by Crippen LogP contribution is -2.59. The summed E-state index contributed by atoms with van der Waals surface area (Å²) in [6, 6.07) is 0. The Morgan fingerprint density at radius 3 is 2.80 bits per heavy atom. The molecule has 0 aromatic rings. The molecule has 2 saturated heterocycles. The molecule has 2 rings (SSSR count). The molecule has 0 aromatic heterocycles. The van der Waals surface area contributed by atoms with Gasteiger partial charge in [-0.15, -0.1) is 0 Å². The van der Waals surface area contributed by atoms with E-state index in [-0.39, 0.29) is 0 Å². The molecule has 2 nitrogen and oxygen atoms in total. The number of hydrogen-bond acceptors (Lipinski definition) is 2. The van der Waals surface area contributed by atoms with Crippen LogP contribution < -0.4 is 5.32 Å². The van der Waals surface area contributed by atoms with Crippen LogP contribution in [0.1, 0.15) is 25.7 Å². The summed E-state index contributed by atoms with van der Waals surface area (Å²) in [6.07, 6.45) is 5.25. The first-order valence-electron chi connectivity index (χ1n) is 4.24. The van der Waals surface area contributed by atoms with Gasteiger partial charge in [0.2, 0.25) is 0 Å². The topological polar surface area (TPSA) is 21.3 Å². The van der Waals surface area contributed by atoms with E-state index >= 15 is 0 Å². The summed E-state index contributed by atoms with van der Waals surface area (Å²) in [5.74, 6) is 0. The lowest BCUT2D eigenvalue weighted by Gasteiger charge is -2.42. The van der Waals surface area contributed by atoms with Crippen LogP contribution in [0.5, 0.6) is 0 Å². The van der Waals surface area contributed by atoms with Crippen molar-refractivity contribution in [1.82, 2.24) is 5.32 Å². The second kappa shape index (κ2) is 2.51. The molecule has 0 aliphatic carbocycles. The largest absolute Gasteiger partial charge is 0.380 e. The average Bonchev–Trinajstić information content (AvgIpc) is 2.08. The highest BCUT2D eigenvalue weighted by molar-refractivity contribution is 4.97. The summed E-state index contributed by atoms with van der Waals surface area (Å²) in [7, 11) is 0. The highest BCUT2D eigenvalue weighted by Crippen LogP contribution is 2.27. The molecule has 1 atom stereocenters. The fraction of sp³-hybridized carbons (Fsp3) is 1.00. The van der Waals surface area contributed by atoms with Crippen LogP contribution in [0.4, 0.5) is 0 Å². The van der Waals surface area contributed by atoms with E-state index in [2.05, 4.69) is 5.32 Å². The molecule has 10 heavy (non-hydrogen) atoms. The first-order valence-corrected chi connectivity index (χ1v) is 4.24. The van der Waals surface area contributed by atoms with Gasteiger partial charge < -0.3 is 10.1 Å². The summed E-state index contributed by atoms with van der Waals surface area (Å²) < 4.78 is 5.49. The number of nitrogens with one attached hydrogen (secondary N) is 1. The van der Waals surface area contributed by atoms with Crippen LogP contribution in [0.2, 0.25) is 0 Å². The molecule has 0 radical (unpaired) electrons. The smallest absolute Gasteiger partial charge is 0.0648 e. The summed E-state index contributed by atoms with van der Waals surface area (Å²) in [5.41, 5.74) is 0.413. The van der Waals surface area contributed by atoms with Gasteiger partial charge in [-0.25, -0.2) is 0 Å². The van der Waals surface area contributed by atoms with Gasteiger partial charge in [-0.1, -0.05) is 0 Å². The van der Waals surface area contributed by atoms with Gasteiger partial charge in [-0.05, 0) is 32.2 Å². The van der Waals surface area contributed by atoms with Gasteiger partial charge in [0.05, 0.1) is 6.61 Å². The molecule has 2 heterocycles. The summed E-state index contributed by atoms with van der Waals surface area (Å²) in [6.45, 7) is 3.12. The Bertz CT molecular complexity index is 110. The predicted molar refractivity (Wildman–Crippen MR) is 40.0 cm³/mol. The minimum absolute atomic E-state index is 0.413. The summed E-state index contributed by atoms with van der Waals surface area (Å²) in [5, 5.41) is 3.48. The van der Waals surface area contributed by atoms with Crippen LogP contribution in [0.3, 0.4) is 0 Å². The van der Waals surface area contributed by atoms with Crippen LogP contribution in [0.25, 0.3) is 0 Å². The van der Waals surface area contributed by atoms with Crippen LogP contribution in [0.15, 0.2) is 0 Å². The van der Waals surface area contributed by atoms with E-state index in [9.17, 15) is 0 Å². The fourth-order valence-corrected chi connectivity index (χ4v) is 1.82. The van der Waals surface area contributed by atoms with Gasteiger partial charge in [0, 0.05) is 12.1 Å². The summed E-state index contributed by atoms with van der Waals surface area (Å²) >= 11 is 0. The highest BCUT2D eigenvalue weighted by Gasteiger charge is 2.36. The zero-order valence-electron chi connectivity index (χ0n) is 6.36. The summed E-state index contributed by atoms with van der Waals surface area (Å²) in [4.78, 5) is 0. The van der Waals surface area contributed by atoms with Gasteiger partial charge in [0.1, 0.15) is 0 Å². The number of ether oxygens (including phenoxy) is 1. The Balaban J connectivity index is 1.92. The predicted octanol–water partition coefficient (Wildman–Crippen LogP) is 0.919. The molecule has 1 unspecified atom stereocenters. The van der Waals surface area contributed by atoms with Crippen molar-refractivity contribution >= 4 is 0 Å². The van der Waals surface area contributed by atoms with Crippen LogP contribution in [-0.4, -0.2) is 25.3 Å². The Morgan fingerprint density at radius 1 is 1.20 bits per heavy atom. The van der Waals surface area contributed by atoms with E-state index in [0.717, 1.165) is 13.2 Å². The average molecular weight is 141 g/mol. The molecule has 2 aliphatic rings. The standard InChI is InChI=1S/C8H15NO/c1-2-6-10-7-8(3-1)4-5-9-8/h9H,1-7H2. The Hall–Kier alpha value is -0.0800. The normalized spacial score (nSPS) is 40.8. The van der Waals surface area contributed by atoms with Gasteiger partial charge in [-0.3, -0.25) is 0 Å². The number of hydrogen-bond donors (Lipinski definition) is 1. The molecule has 0 aromatic carbocycles. The molecule has 1 N–H and O–H groups in total. The molecule has 1 spiro atoms. The molecule has 2 fully saturated rings. The van der Waals surface area contributed by atoms with Crippen molar-refractivity contribution in [2.75, 3.05) is 19.8 Å². The van der Waals surface area contributed by atoms with Gasteiger partial charge in [0.25, 0.3) is 0 Å². The van der Waals surface area contributed by atoms with Gasteiger partial charge in [-0.2, -0.15) is 0 Å². The second-order valence-electron chi connectivity index (χ2n) is 3.47. The van der Waals surface area contributed by atoms with E-state index in [1.165, 1.54) is 32.2 Å². The van der Waals surface area contributed by atoms with Gasteiger partial charge >= 0.3 is 0 Å². The van der Waals surface area contributed by atoms with E-state index in [1.807, 2.05) is 0 Å². The van der Waals surface area contributed by atoms with E-state index in [0.29, 0.717) is 5.54 Å².